The lowest BCUT2D eigenvalue weighted by molar-refractivity contribution is 0.0984. The van der Waals surface area contributed by atoms with Crippen molar-refractivity contribution < 1.29 is 4.79 Å². The zero-order chi connectivity index (χ0) is 13.0. The quantitative estimate of drug-likeness (QED) is 0.598. The SMILES string of the molecule is CC#CCCC(=O)c1ccc2cc(Br)ccc2c1. The number of Topliss-reactive ketones (excluding diaryl/α,β-unsaturated/α-hetero) is 1. The van der Waals surface area contributed by atoms with E-state index in [9.17, 15) is 4.79 Å². The summed E-state index contributed by atoms with van der Waals surface area (Å²) < 4.78 is 1.05. The van der Waals surface area contributed by atoms with Crippen molar-refractivity contribution in [3.8, 4) is 11.8 Å². The largest absolute Gasteiger partial charge is 0.294 e. The van der Waals surface area contributed by atoms with E-state index in [1.54, 1.807) is 6.92 Å². The van der Waals surface area contributed by atoms with Crippen LogP contribution in [0.5, 0.6) is 0 Å². The summed E-state index contributed by atoms with van der Waals surface area (Å²) in [5, 5.41) is 2.22. The number of benzene rings is 2. The van der Waals surface area contributed by atoms with Crippen molar-refractivity contribution in [1.82, 2.24) is 0 Å². The van der Waals surface area contributed by atoms with Crippen LogP contribution in [0.3, 0.4) is 0 Å². The average molecular weight is 301 g/mol. The third kappa shape index (κ3) is 3.00. The van der Waals surface area contributed by atoms with Gasteiger partial charge in [0.1, 0.15) is 0 Å². The minimum absolute atomic E-state index is 0.155. The van der Waals surface area contributed by atoms with Crippen LogP contribution in [-0.2, 0) is 0 Å². The van der Waals surface area contributed by atoms with E-state index in [1.807, 2.05) is 36.4 Å². The highest BCUT2D eigenvalue weighted by Gasteiger charge is 2.05. The molecule has 0 bridgehead atoms. The maximum Gasteiger partial charge on any atom is 0.163 e. The number of fused-ring (bicyclic) bond motifs is 1. The number of carbonyl (C=O) groups is 1. The minimum atomic E-state index is 0.155. The first-order valence-corrected chi connectivity index (χ1v) is 6.62. The fourth-order valence-corrected chi connectivity index (χ4v) is 2.21. The first kappa shape index (κ1) is 12.9. The first-order valence-electron chi connectivity index (χ1n) is 5.83. The molecular weight excluding hydrogens is 288 g/mol. The molecule has 0 aliphatic rings. The van der Waals surface area contributed by atoms with Crippen molar-refractivity contribution in [1.29, 1.82) is 0 Å². The van der Waals surface area contributed by atoms with Gasteiger partial charge < -0.3 is 0 Å². The van der Waals surface area contributed by atoms with Crippen molar-refractivity contribution in [2.24, 2.45) is 0 Å². The molecule has 0 N–H and O–H groups in total. The van der Waals surface area contributed by atoms with Gasteiger partial charge in [-0.15, -0.1) is 11.8 Å². The number of hydrogen-bond donors (Lipinski definition) is 0. The summed E-state index contributed by atoms with van der Waals surface area (Å²) in [5.74, 6) is 5.87. The van der Waals surface area contributed by atoms with E-state index in [0.717, 1.165) is 20.8 Å². The molecule has 0 heterocycles. The van der Waals surface area contributed by atoms with Crippen LogP contribution in [0.25, 0.3) is 10.8 Å². The molecule has 18 heavy (non-hydrogen) atoms. The summed E-state index contributed by atoms with van der Waals surface area (Å²) in [6.45, 7) is 1.79. The van der Waals surface area contributed by atoms with Gasteiger partial charge in [0, 0.05) is 22.9 Å². The van der Waals surface area contributed by atoms with Crippen LogP contribution >= 0.6 is 15.9 Å². The van der Waals surface area contributed by atoms with E-state index in [4.69, 9.17) is 0 Å². The zero-order valence-corrected chi connectivity index (χ0v) is 11.8. The lowest BCUT2D eigenvalue weighted by atomic mass is 10.0. The standard InChI is InChI=1S/C16H13BrO/c1-2-3-4-5-16(18)14-7-6-13-11-15(17)9-8-12(13)10-14/h6-11H,4-5H2,1H3. The van der Waals surface area contributed by atoms with Gasteiger partial charge in [-0.1, -0.05) is 34.1 Å². The van der Waals surface area contributed by atoms with Crippen molar-refractivity contribution in [2.45, 2.75) is 19.8 Å². The normalized spacial score (nSPS) is 9.89. The highest BCUT2D eigenvalue weighted by Crippen LogP contribution is 2.21. The Balaban J connectivity index is 2.26. The summed E-state index contributed by atoms with van der Waals surface area (Å²) in [6.07, 6.45) is 1.12. The van der Waals surface area contributed by atoms with Gasteiger partial charge in [-0.05, 0) is 35.9 Å². The van der Waals surface area contributed by atoms with Gasteiger partial charge in [0.05, 0.1) is 0 Å². The molecule has 2 rings (SSSR count). The molecule has 2 aromatic rings. The molecule has 0 saturated heterocycles. The minimum Gasteiger partial charge on any atom is -0.294 e. The summed E-state index contributed by atoms with van der Waals surface area (Å²) in [4.78, 5) is 12.0. The molecule has 0 atom stereocenters. The van der Waals surface area contributed by atoms with Gasteiger partial charge in [-0.2, -0.15) is 0 Å². The molecule has 0 fully saturated rings. The molecule has 0 aliphatic heterocycles. The van der Waals surface area contributed by atoms with Crippen molar-refractivity contribution in [3.63, 3.8) is 0 Å². The summed E-state index contributed by atoms with van der Waals surface area (Å²) in [5.41, 5.74) is 0.766. The molecule has 1 nitrogen and oxygen atoms in total. The lowest BCUT2D eigenvalue weighted by Crippen LogP contribution is -1.98. The average Bonchev–Trinajstić information content (AvgIpc) is 2.38. The number of hydrogen-bond acceptors (Lipinski definition) is 1. The van der Waals surface area contributed by atoms with E-state index >= 15 is 0 Å². The van der Waals surface area contributed by atoms with E-state index in [1.165, 1.54) is 0 Å². The van der Waals surface area contributed by atoms with Crippen LogP contribution < -0.4 is 0 Å². The second-order valence-corrected chi connectivity index (χ2v) is 4.97. The van der Waals surface area contributed by atoms with Gasteiger partial charge in [0.15, 0.2) is 5.78 Å². The van der Waals surface area contributed by atoms with Crippen molar-refractivity contribution in [2.75, 3.05) is 0 Å². The van der Waals surface area contributed by atoms with Crippen LogP contribution in [0.2, 0.25) is 0 Å². The molecule has 0 unspecified atom stereocenters. The maximum absolute atomic E-state index is 12.0. The van der Waals surface area contributed by atoms with Gasteiger partial charge in [0.25, 0.3) is 0 Å². The Kier molecular flexibility index (Phi) is 4.17. The Hall–Kier alpha value is -1.59. The molecule has 2 aromatic carbocycles. The van der Waals surface area contributed by atoms with Gasteiger partial charge in [-0.25, -0.2) is 0 Å². The second kappa shape index (κ2) is 5.84. The topological polar surface area (TPSA) is 17.1 Å². The molecule has 0 aliphatic carbocycles. The second-order valence-electron chi connectivity index (χ2n) is 4.06. The van der Waals surface area contributed by atoms with E-state index in [0.29, 0.717) is 12.8 Å². The van der Waals surface area contributed by atoms with Crippen LogP contribution in [0.1, 0.15) is 30.1 Å². The zero-order valence-electron chi connectivity index (χ0n) is 10.2. The Bertz CT molecular complexity index is 647. The third-order valence-electron chi connectivity index (χ3n) is 2.78. The summed E-state index contributed by atoms with van der Waals surface area (Å²) in [7, 11) is 0. The van der Waals surface area contributed by atoms with Crippen LogP contribution in [0.4, 0.5) is 0 Å². The van der Waals surface area contributed by atoms with Gasteiger partial charge >= 0.3 is 0 Å². The fraction of sp³-hybridized carbons (Fsp3) is 0.188. The van der Waals surface area contributed by atoms with Crippen LogP contribution in [-0.4, -0.2) is 5.78 Å². The van der Waals surface area contributed by atoms with Gasteiger partial charge in [-0.3, -0.25) is 4.79 Å². The van der Waals surface area contributed by atoms with Crippen LogP contribution in [0.15, 0.2) is 40.9 Å². The Labute approximate surface area is 115 Å². The van der Waals surface area contributed by atoms with Crippen molar-refractivity contribution >= 4 is 32.5 Å². The Morgan fingerprint density at radius 3 is 2.67 bits per heavy atom. The van der Waals surface area contributed by atoms with Crippen molar-refractivity contribution in [3.05, 3.63) is 46.4 Å². The van der Waals surface area contributed by atoms with Crippen LogP contribution in [0, 0.1) is 11.8 Å². The smallest absolute Gasteiger partial charge is 0.163 e. The number of rotatable bonds is 3. The molecule has 0 saturated carbocycles. The fourth-order valence-electron chi connectivity index (χ4n) is 1.84. The Morgan fingerprint density at radius 1 is 1.17 bits per heavy atom. The molecule has 0 spiro atoms. The monoisotopic (exact) mass is 300 g/mol. The predicted octanol–water partition coefficient (Wildman–Crippen LogP) is 4.59. The highest BCUT2D eigenvalue weighted by molar-refractivity contribution is 9.10. The van der Waals surface area contributed by atoms with E-state index in [-0.39, 0.29) is 5.78 Å². The lowest BCUT2D eigenvalue weighted by Gasteiger charge is -2.02. The summed E-state index contributed by atoms with van der Waals surface area (Å²) in [6, 6.07) is 11.9. The number of ketones is 1. The molecule has 90 valence electrons. The molecule has 0 aromatic heterocycles. The number of halogens is 1. The molecule has 0 radical (unpaired) electrons. The molecular formula is C16H13BrO. The van der Waals surface area contributed by atoms with Gasteiger partial charge in [0.2, 0.25) is 0 Å². The Morgan fingerprint density at radius 2 is 1.89 bits per heavy atom. The number of carbonyl (C=O) groups excluding carboxylic acids is 1. The maximum atomic E-state index is 12.0. The molecule has 2 heteroatoms. The van der Waals surface area contributed by atoms with E-state index < -0.39 is 0 Å². The van der Waals surface area contributed by atoms with E-state index in [2.05, 4.69) is 27.8 Å². The molecule has 0 amide bonds. The highest BCUT2D eigenvalue weighted by atomic mass is 79.9. The summed E-state index contributed by atoms with van der Waals surface area (Å²) >= 11 is 3.44. The first-order chi connectivity index (χ1) is 8.70. The third-order valence-corrected chi connectivity index (χ3v) is 3.27. The predicted molar refractivity (Wildman–Crippen MR) is 78.7 cm³/mol.